The molecule has 0 saturated carbocycles. The quantitative estimate of drug-likeness (QED) is 0.0745. The van der Waals surface area contributed by atoms with Gasteiger partial charge in [0.2, 0.25) is 6.43 Å². The second-order valence-corrected chi connectivity index (χ2v) is 22.7. The van der Waals surface area contributed by atoms with Crippen molar-refractivity contribution < 1.29 is 53.4 Å². The fourth-order valence-electron chi connectivity index (χ4n) is 8.51. The first kappa shape index (κ1) is 52.3. The molecule has 3 aliphatic rings. The SMILES string of the molecule is C=C(CCC(F)F)C1=C(CN2CCN(c3ccc(C(=O)NS(=O)(=O)c4ccc(N[C@H](CCN5CCO[C@H](CO)C5)CSc5ccccc5)c(S(=O)(=O)C(F)(F)F)c4)cc3)CC2)CCC(C)(C)C1. The first-order chi connectivity index (χ1) is 31.6. The van der Waals surface area contributed by atoms with Crippen LogP contribution in [0.3, 0.4) is 0 Å². The molecule has 20 heteroatoms. The number of aliphatic hydroxyl groups is 1. The molecule has 2 atom stereocenters. The van der Waals surface area contributed by atoms with E-state index in [-0.39, 0.29) is 30.4 Å². The van der Waals surface area contributed by atoms with Crippen LogP contribution in [0.1, 0.15) is 62.7 Å². The number of halogens is 5. The summed E-state index contributed by atoms with van der Waals surface area (Å²) in [7, 11) is -11.0. The van der Waals surface area contributed by atoms with Crippen molar-refractivity contribution >= 4 is 48.9 Å². The molecule has 2 fully saturated rings. The van der Waals surface area contributed by atoms with Crippen LogP contribution in [-0.4, -0.2) is 133 Å². The molecule has 1 amide bonds. The third kappa shape index (κ3) is 14.3. The van der Waals surface area contributed by atoms with E-state index in [1.165, 1.54) is 29.5 Å². The second kappa shape index (κ2) is 22.6. The number of nitrogens with one attached hydrogen (secondary N) is 2. The van der Waals surface area contributed by atoms with Gasteiger partial charge in [0.1, 0.15) is 4.90 Å². The number of morpholine rings is 1. The van der Waals surface area contributed by atoms with Gasteiger partial charge >= 0.3 is 5.51 Å². The first-order valence-corrected chi connectivity index (χ1v) is 26.3. The predicted molar refractivity (Wildman–Crippen MR) is 251 cm³/mol. The molecule has 0 unspecified atom stereocenters. The van der Waals surface area contributed by atoms with Gasteiger partial charge in [-0.3, -0.25) is 14.6 Å². The Balaban J connectivity index is 1.12. The molecule has 6 rings (SSSR count). The number of aliphatic hydroxyl groups excluding tert-OH is 1. The maximum absolute atomic E-state index is 14.2. The highest BCUT2D eigenvalue weighted by atomic mass is 32.2. The molecule has 0 radical (unpaired) electrons. The van der Waals surface area contributed by atoms with E-state index < -0.39 is 65.3 Å². The van der Waals surface area contributed by atoms with E-state index in [1.54, 1.807) is 12.1 Å². The number of anilines is 2. The van der Waals surface area contributed by atoms with Crippen LogP contribution in [0.25, 0.3) is 0 Å². The lowest BCUT2D eigenvalue weighted by Crippen LogP contribution is -2.47. The molecule has 1 aliphatic carbocycles. The summed E-state index contributed by atoms with van der Waals surface area (Å²) in [5.41, 5.74) is -2.29. The number of hydrogen-bond acceptors (Lipinski definition) is 12. The molecule has 368 valence electrons. The Kier molecular flexibility index (Phi) is 17.6. The minimum Gasteiger partial charge on any atom is -0.394 e. The minimum absolute atomic E-state index is 0.0523. The lowest BCUT2D eigenvalue weighted by molar-refractivity contribution is -0.0529. The van der Waals surface area contributed by atoms with E-state index in [2.05, 4.69) is 35.5 Å². The number of amides is 1. The number of nitrogens with zero attached hydrogens (tertiary/aromatic N) is 3. The predicted octanol–water partition coefficient (Wildman–Crippen LogP) is 7.99. The highest BCUT2D eigenvalue weighted by Crippen LogP contribution is 2.43. The Hall–Kier alpha value is -4.05. The van der Waals surface area contributed by atoms with E-state index in [0.29, 0.717) is 57.6 Å². The monoisotopic (exact) mass is 997 g/mol. The summed E-state index contributed by atoms with van der Waals surface area (Å²) < 4.78 is 129. The summed E-state index contributed by atoms with van der Waals surface area (Å²) in [6.07, 6.45) is 0.305. The van der Waals surface area contributed by atoms with E-state index in [0.717, 1.165) is 72.8 Å². The summed E-state index contributed by atoms with van der Waals surface area (Å²) in [4.78, 5) is 18.5. The van der Waals surface area contributed by atoms with Gasteiger partial charge in [-0.05, 0) is 97.7 Å². The van der Waals surface area contributed by atoms with E-state index >= 15 is 0 Å². The lowest BCUT2D eigenvalue weighted by atomic mass is 9.72. The molecule has 67 heavy (non-hydrogen) atoms. The smallest absolute Gasteiger partial charge is 0.394 e. The zero-order chi connectivity index (χ0) is 48.6. The van der Waals surface area contributed by atoms with E-state index in [1.807, 2.05) is 40.0 Å². The van der Waals surface area contributed by atoms with Crippen molar-refractivity contribution in [2.45, 2.75) is 91.1 Å². The molecular formula is C47H60F5N5O7S3. The molecule has 3 aromatic rings. The number of carbonyl (C=O) groups excluding carboxylic acids is 1. The molecule has 2 heterocycles. The third-order valence-corrected chi connectivity index (χ3v) is 16.4. The normalized spacial score (nSPS) is 19.4. The molecular weight excluding hydrogens is 938 g/mol. The van der Waals surface area contributed by atoms with Gasteiger partial charge in [-0.2, -0.15) is 13.2 Å². The minimum atomic E-state index is -6.11. The molecule has 2 aliphatic heterocycles. The summed E-state index contributed by atoms with van der Waals surface area (Å²) >= 11 is 1.40. The van der Waals surface area contributed by atoms with Gasteiger partial charge < -0.3 is 20.1 Å². The number of thioether (sulfide) groups is 1. The number of piperazine rings is 1. The topological polar surface area (TPSA) is 149 Å². The number of carbonyl (C=O) groups is 1. The number of sulfone groups is 1. The average molecular weight is 998 g/mol. The van der Waals surface area contributed by atoms with Crippen molar-refractivity contribution in [2.75, 3.05) is 81.5 Å². The van der Waals surface area contributed by atoms with Crippen LogP contribution in [0.15, 0.2) is 111 Å². The fraction of sp³-hybridized carbons (Fsp3) is 0.511. The number of allylic oxidation sites excluding steroid dienone is 2. The highest BCUT2D eigenvalue weighted by molar-refractivity contribution is 7.99. The number of alkyl halides is 5. The Morgan fingerprint density at radius 1 is 0.955 bits per heavy atom. The summed E-state index contributed by atoms with van der Waals surface area (Å²) in [5.74, 6) is -0.768. The number of rotatable bonds is 20. The van der Waals surface area contributed by atoms with Gasteiger partial charge in [0.25, 0.3) is 25.8 Å². The van der Waals surface area contributed by atoms with Crippen LogP contribution >= 0.6 is 11.8 Å². The Bertz CT molecular complexity index is 2430. The van der Waals surface area contributed by atoms with Crippen molar-refractivity contribution in [3.63, 3.8) is 0 Å². The number of ether oxygens (including phenoxy) is 1. The fourth-order valence-corrected chi connectivity index (χ4v) is 11.5. The maximum Gasteiger partial charge on any atom is 0.501 e. The van der Waals surface area contributed by atoms with Crippen LogP contribution in [0.5, 0.6) is 0 Å². The van der Waals surface area contributed by atoms with Crippen LogP contribution in [0, 0.1) is 5.41 Å². The molecule has 3 aromatic carbocycles. The zero-order valence-electron chi connectivity index (χ0n) is 37.7. The summed E-state index contributed by atoms with van der Waals surface area (Å²) in [6, 6.07) is 17.1. The van der Waals surface area contributed by atoms with Gasteiger partial charge in [-0.1, -0.05) is 49.8 Å². The van der Waals surface area contributed by atoms with Crippen LogP contribution in [0.2, 0.25) is 0 Å². The Labute approximate surface area is 395 Å². The molecule has 3 N–H and O–H groups in total. The number of benzene rings is 3. The van der Waals surface area contributed by atoms with Crippen molar-refractivity contribution in [3.05, 3.63) is 102 Å². The van der Waals surface area contributed by atoms with Crippen LogP contribution in [-0.2, 0) is 24.6 Å². The summed E-state index contributed by atoms with van der Waals surface area (Å²) in [5, 5.41) is 12.5. The van der Waals surface area contributed by atoms with Crippen LogP contribution in [0.4, 0.5) is 33.3 Å². The van der Waals surface area contributed by atoms with Crippen LogP contribution < -0.4 is 14.9 Å². The van der Waals surface area contributed by atoms with Crippen molar-refractivity contribution in [1.29, 1.82) is 0 Å². The molecule has 0 bridgehead atoms. The third-order valence-electron chi connectivity index (χ3n) is 12.4. The first-order valence-electron chi connectivity index (χ1n) is 22.3. The Morgan fingerprint density at radius 2 is 1.66 bits per heavy atom. The van der Waals surface area contributed by atoms with Crippen molar-refractivity contribution in [3.8, 4) is 0 Å². The van der Waals surface area contributed by atoms with Crippen molar-refractivity contribution in [1.82, 2.24) is 14.5 Å². The lowest BCUT2D eigenvalue weighted by Gasteiger charge is -2.39. The highest BCUT2D eigenvalue weighted by Gasteiger charge is 2.48. The zero-order valence-corrected chi connectivity index (χ0v) is 40.2. The van der Waals surface area contributed by atoms with Gasteiger partial charge in [-0.25, -0.2) is 30.3 Å². The van der Waals surface area contributed by atoms with Gasteiger partial charge in [0.15, 0.2) is 0 Å². The van der Waals surface area contributed by atoms with Crippen molar-refractivity contribution in [2.24, 2.45) is 5.41 Å². The maximum atomic E-state index is 14.2. The van der Waals surface area contributed by atoms with Gasteiger partial charge in [0.05, 0.1) is 29.9 Å². The largest absolute Gasteiger partial charge is 0.501 e. The van der Waals surface area contributed by atoms with Gasteiger partial charge in [-0.15, -0.1) is 11.8 Å². The summed E-state index contributed by atoms with van der Waals surface area (Å²) in [6.45, 7) is 13.6. The molecule has 12 nitrogen and oxygen atoms in total. The van der Waals surface area contributed by atoms with Gasteiger partial charge in [0, 0.05) is 86.7 Å². The van der Waals surface area contributed by atoms with E-state index in [9.17, 15) is 48.7 Å². The molecule has 0 spiro atoms. The second-order valence-electron chi connectivity index (χ2n) is 18.0. The molecule has 2 saturated heterocycles. The number of hydrogen-bond donors (Lipinski definition) is 3. The Morgan fingerprint density at radius 3 is 2.31 bits per heavy atom. The average Bonchev–Trinajstić information content (AvgIpc) is 3.29. The number of sulfonamides is 1. The molecule has 0 aromatic heterocycles. The van der Waals surface area contributed by atoms with E-state index in [4.69, 9.17) is 4.74 Å². The standard InChI is InChI=1S/C47H60F5N5O7S3/c1-33(9-16-44(48)49)41-28-46(2,3)19-17-35(41)29-56-21-23-57(24-22-56)37-12-10-34(11-13-37)45(59)54-67(62,63)40-14-15-42(43(27-40)66(60,61)47(50,51)52)53-36(32-65-39-7-5-4-6-8-39)18-20-55-25-26-64-38(30-55)31-58/h4-8,10-15,27,36,38,44,53,58H,1,9,16-26,28-32H2,2-3H3,(H,54,59)/t36-,38+/m1/s1.